The van der Waals surface area contributed by atoms with Gasteiger partial charge in [-0.1, -0.05) is 13.0 Å². The van der Waals surface area contributed by atoms with Crippen molar-refractivity contribution in [2.45, 2.75) is 26.8 Å². The van der Waals surface area contributed by atoms with Crippen molar-refractivity contribution in [2.24, 2.45) is 5.92 Å². The van der Waals surface area contributed by atoms with Crippen molar-refractivity contribution in [2.75, 3.05) is 6.54 Å². The van der Waals surface area contributed by atoms with Crippen molar-refractivity contribution in [3.05, 3.63) is 29.6 Å². The Bertz CT molecular complexity index is 449. The third kappa shape index (κ3) is 5.37. The smallest absolute Gasteiger partial charge is 0.315 e. The van der Waals surface area contributed by atoms with Crippen molar-refractivity contribution in [3.8, 4) is 0 Å². The van der Waals surface area contributed by atoms with Gasteiger partial charge < -0.3 is 15.7 Å². The van der Waals surface area contributed by atoms with Crippen molar-refractivity contribution in [1.29, 1.82) is 0 Å². The van der Waals surface area contributed by atoms with E-state index in [9.17, 15) is 9.59 Å². The number of rotatable bonds is 6. The van der Waals surface area contributed by atoms with E-state index in [2.05, 4.69) is 15.6 Å². The van der Waals surface area contributed by atoms with Crippen molar-refractivity contribution >= 4 is 12.0 Å². The quantitative estimate of drug-likeness (QED) is 0.723. The van der Waals surface area contributed by atoms with E-state index in [1.54, 1.807) is 6.92 Å². The summed E-state index contributed by atoms with van der Waals surface area (Å²) in [6.07, 6.45) is 0.481. The Labute approximate surface area is 112 Å². The molecule has 0 saturated heterocycles. The molecule has 0 aliphatic carbocycles. The highest BCUT2D eigenvalue weighted by Gasteiger charge is 2.15. The Kier molecular flexibility index (Phi) is 5.78. The zero-order chi connectivity index (χ0) is 14.3. The summed E-state index contributed by atoms with van der Waals surface area (Å²) < 4.78 is 0. The number of hydrogen-bond acceptors (Lipinski definition) is 3. The first-order valence-corrected chi connectivity index (χ1v) is 6.20. The molecular formula is C13H19N3O3. The van der Waals surface area contributed by atoms with Crippen LogP contribution in [0.15, 0.2) is 18.2 Å². The molecule has 0 saturated carbocycles. The molecular weight excluding hydrogens is 246 g/mol. The minimum absolute atomic E-state index is 0.124. The third-order valence-electron chi connectivity index (χ3n) is 2.73. The highest BCUT2D eigenvalue weighted by atomic mass is 16.4. The SMILES string of the molecule is CCC(CNC(=O)NCc1cccc(C)n1)C(=O)O. The monoisotopic (exact) mass is 265 g/mol. The number of aryl methyl sites for hydroxylation is 1. The molecule has 3 N–H and O–H groups in total. The predicted molar refractivity (Wildman–Crippen MR) is 70.6 cm³/mol. The Morgan fingerprint density at radius 3 is 2.68 bits per heavy atom. The van der Waals surface area contributed by atoms with Crippen LogP contribution < -0.4 is 10.6 Å². The molecule has 6 heteroatoms. The molecule has 104 valence electrons. The fraction of sp³-hybridized carbons (Fsp3) is 0.462. The first-order valence-electron chi connectivity index (χ1n) is 6.20. The molecule has 0 bridgehead atoms. The molecule has 1 aromatic heterocycles. The molecule has 0 spiro atoms. The summed E-state index contributed by atoms with van der Waals surface area (Å²) in [5.41, 5.74) is 1.65. The van der Waals surface area contributed by atoms with E-state index >= 15 is 0 Å². The molecule has 1 aromatic rings. The predicted octanol–water partition coefficient (Wildman–Crippen LogP) is 1.30. The van der Waals surface area contributed by atoms with Gasteiger partial charge in [-0.05, 0) is 25.5 Å². The minimum atomic E-state index is -0.900. The van der Waals surface area contributed by atoms with Gasteiger partial charge in [-0.3, -0.25) is 9.78 Å². The van der Waals surface area contributed by atoms with Crippen LogP contribution in [0.3, 0.4) is 0 Å². The molecule has 1 unspecified atom stereocenters. The second kappa shape index (κ2) is 7.35. The number of aliphatic carboxylic acids is 1. The van der Waals surface area contributed by atoms with Crippen molar-refractivity contribution < 1.29 is 14.7 Å². The first kappa shape index (κ1) is 14.9. The van der Waals surface area contributed by atoms with E-state index in [1.807, 2.05) is 25.1 Å². The second-order valence-corrected chi connectivity index (χ2v) is 4.28. The van der Waals surface area contributed by atoms with Crippen LogP contribution in [0.25, 0.3) is 0 Å². The molecule has 2 amide bonds. The number of pyridine rings is 1. The average molecular weight is 265 g/mol. The summed E-state index contributed by atoms with van der Waals surface area (Å²) in [6, 6.07) is 5.18. The number of urea groups is 1. The second-order valence-electron chi connectivity index (χ2n) is 4.28. The number of aromatic nitrogens is 1. The molecule has 6 nitrogen and oxygen atoms in total. The normalized spacial score (nSPS) is 11.7. The van der Waals surface area contributed by atoms with Gasteiger partial charge in [0, 0.05) is 12.2 Å². The summed E-state index contributed by atoms with van der Waals surface area (Å²) in [5.74, 6) is -1.45. The third-order valence-corrected chi connectivity index (χ3v) is 2.73. The maximum Gasteiger partial charge on any atom is 0.315 e. The van der Waals surface area contributed by atoms with Crippen LogP contribution in [0.1, 0.15) is 24.7 Å². The fourth-order valence-electron chi connectivity index (χ4n) is 1.55. The van der Waals surface area contributed by atoms with E-state index in [0.29, 0.717) is 13.0 Å². The van der Waals surface area contributed by atoms with E-state index in [0.717, 1.165) is 11.4 Å². The lowest BCUT2D eigenvalue weighted by Gasteiger charge is -2.11. The molecule has 0 aliphatic rings. The van der Waals surface area contributed by atoms with Crippen LogP contribution in [0.5, 0.6) is 0 Å². The summed E-state index contributed by atoms with van der Waals surface area (Å²) in [5, 5.41) is 14.0. The van der Waals surface area contributed by atoms with Gasteiger partial charge in [-0.15, -0.1) is 0 Å². The fourth-order valence-corrected chi connectivity index (χ4v) is 1.55. The van der Waals surface area contributed by atoms with Crippen LogP contribution in [0, 0.1) is 12.8 Å². The van der Waals surface area contributed by atoms with Crippen LogP contribution >= 0.6 is 0 Å². The lowest BCUT2D eigenvalue weighted by Crippen LogP contribution is -2.39. The summed E-state index contributed by atoms with van der Waals surface area (Å²) >= 11 is 0. The summed E-state index contributed by atoms with van der Waals surface area (Å²) in [6.45, 7) is 4.09. The van der Waals surface area contributed by atoms with Crippen LogP contribution in [0.2, 0.25) is 0 Å². The van der Waals surface area contributed by atoms with Gasteiger partial charge in [0.15, 0.2) is 0 Å². The molecule has 0 radical (unpaired) electrons. The number of carboxylic acid groups (broad SMARTS) is 1. The zero-order valence-electron chi connectivity index (χ0n) is 11.1. The number of carbonyl (C=O) groups is 2. The zero-order valence-corrected chi connectivity index (χ0v) is 11.1. The van der Waals surface area contributed by atoms with Crippen LogP contribution in [-0.2, 0) is 11.3 Å². The van der Waals surface area contributed by atoms with E-state index in [-0.39, 0.29) is 12.6 Å². The van der Waals surface area contributed by atoms with Gasteiger partial charge in [0.25, 0.3) is 0 Å². The van der Waals surface area contributed by atoms with Gasteiger partial charge >= 0.3 is 12.0 Å². The van der Waals surface area contributed by atoms with E-state index in [4.69, 9.17) is 5.11 Å². The molecule has 0 aromatic carbocycles. The molecule has 1 atom stereocenters. The lowest BCUT2D eigenvalue weighted by atomic mass is 10.1. The molecule has 0 aliphatic heterocycles. The van der Waals surface area contributed by atoms with Crippen LogP contribution in [0.4, 0.5) is 4.79 Å². The van der Waals surface area contributed by atoms with E-state index in [1.165, 1.54) is 0 Å². The lowest BCUT2D eigenvalue weighted by molar-refractivity contribution is -0.141. The minimum Gasteiger partial charge on any atom is -0.481 e. The Hall–Kier alpha value is -2.11. The van der Waals surface area contributed by atoms with Gasteiger partial charge in [0.1, 0.15) is 0 Å². The summed E-state index contributed by atoms with van der Waals surface area (Å²) in [7, 11) is 0. The first-order chi connectivity index (χ1) is 9.02. The maximum absolute atomic E-state index is 11.5. The van der Waals surface area contributed by atoms with Crippen molar-refractivity contribution in [3.63, 3.8) is 0 Å². The van der Waals surface area contributed by atoms with E-state index < -0.39 is 11.9 Å². The van der Waals surface area contributed by atoms with Gasteiger partial charge in [0.05, 0.1) is 18.2 Å². The number of hydrogen-bond donors (Lipinski definition) is 3. The standard InChI is InChI=1S/C13H19N3O3/c1-3-10(12(17)18)7-14-13(19)15-8-11-6-4-5-9(2)16-11/h4-6,10H,3,7-8H2,1-2H3,(H,17,18)(H2,14,15,19). The maximum atomic E-state index is 11.5. The average Bonchev–Trinajstić information content (AvgIpc) is 2.37. The Morgan fingerprint density at radius 1 is 1.37 bits per heavy atom. The topological polar surface area (TPSA) is 91.3 Å². The molecule has 19 heavy (non-hydrogen) atoms. The van der Waals surface area contributed by atoms with Crippen LogP contribution in [-0.4, -0.2) is 28.6 Å². The number of amides is 2. The number of nitrogens with zero attached hydrogens (tertiary/aromatic N) is 1. The van der Waals surface area contributed by atoms with Gasteiger partial charge in [-0.2, -0.15) is 0 Å². The Balaban J connectivity index is 2.34. The van der Waals surface area contributed by atoms with Gasteiger partial charge in [-0.25, -0.2) is 4.79 Å². The largest absolute Gasteiger partial charge is 0.481 e. The molecule has 0 fully saturated rings. The number of carboxylic acids is 1. The molecule has 1 heterocycles. The number of nitrogens with one attached hydrogen (secondary N) is 2. The highest BCUT2D eigenvalue weighted by Crippen LogP contribution is 2.00. The highest BCUT2D eigenvalue weighted by molar-refractivity contribution is 5.75. The van der Waals surface area contributed by atoms with Crippen molar-refractivity contribution in [1.82, 2.24) is 15.6 Å². The molecule has 1 rings (SSSR count). The Morgan fingerprint density at radius 2 is 2.11 bits per heavy atom. The van der Waals surface area contributed by atoms with Gasteiger partial charge in [0.2, 0.25) is 0 Å². The summed E-state index contributed by atoms with van der Waals surface area (Å²) in [4.78, 5) is 26.5. The number of carbonyl (C=O) groups excluding carboxylic acids is 1.